The van der Waals surface area contributed by atoms with Gasteiger partial charge in [-0.2, -0.15) is 0 Å². The molecular weight excluding hydrogens is 172 g/mol. The second-order valence-electron chi connectivity index (χ2n) is 2.38. The highest BCUT2D eigenvalue weighted by molar-refractivity contribution is 5.65. The highest BCUT2D eigenvalue weighted by Crippen LogP contribution is 1.86. The van der Waals surface area contributed by atoms with Crippen LogP contribution < -0.4 is 0 Å². The molecule has 0 unspecified atom stereocenters. The molecule has 0 atom stereocenters. The average molecular weight is 188 g/mol. The standard InChI is InChI=1S/C9H16O4/c1-3-5-11-6-4-7-12-8-13-9(2)10/h3H,1,4-8H2,2H3. The van der Waals surface area contributed by atoms with E-state index in [0.717, 1.165) is 6.42 Å². The Morgan fingerprint density at radius 3 is 2.69 bits per heavy atom. The van der Waals surface area contributed by atoms with Crippen LogP contribution in [0.3, 0.4) is 0 Å². The fourth-order valence-electron chi connectivity index (χ4n) is 0.613. The molecule has 0 aromatic heterocycles. The second-order valence-corrected chi connectivity index (χ2v) is 2.38. The van der Waals surface area contributed by atoms with Crippen LogP contribution in [0.5, 0.6) is 0 Å². The number of carbonyl (C=O) groups is 1. The van der Waals surface area contributed by atoms with Crippen molar-refractivity contribution in [2.75, 3.05) is 26.6 Å². The summed E-state index contributed by atoms with van der Waals surface area (Å²) in [6, 6.07) is 0. The molecular formula is C9H16O4. The zero-order valence-electron chi connectivity index (χ0n) is 7.95. The van der Waals surface area contributed by atoms with E-state index in [2.05, 4.69) is 11.3 Å². The van der Waals surface area contributed by atoms with Gasteiger partial charge in [0.25, 0.3) is 0 Å². The summed E-state index contributed by atoms with van der Waals surface area (Å²) in [5, 5.41) is 0. The number of rotatable bonds is 8. The number of hydrogen-bond donors (Lipinski definition) is 0. The van der Waals surface area contributed by atoms with E-state index in [1.807, 2.05) is 0 Å². The van der Waals surface area contributed by atoms with Gasteiger partial charge in [0.1, 0.15) is 0 Å². The lowest BCUT2D eigenvalue weighted by Gasteiger charge is -2.03. The summed E-state index contributed by atoms with van der Waals surface area (Å²) in [5.41, 5.74) is 0. The van der Waals surface area contributed by atoms with Crippen LogP contribution in [0.15, 0.2) is 12.7 Å². The predicted molar refractivity (Wildman–Crippen MR) is 48.2 cm³/mol. The molecule has 0 N–H and O–H groups in total. The Morgan fingerprint density at radius 1 is 1.38 bits per heavy atom. The quantitative estimate of drug-likeness (QED) is 0.248. The summed E-state index contributed by atoms with van der Waals surface area (Å²) in [6.45, 7) is 6.60. The third-order valence-corrected chi connectivity index (χ3v) is 1.16. The normalized spacial score (nSPS) is 9.62. The minimum absolute atomic E-state index is 0.0246. The third-order valence-electron chi connectivity index (χ3n) is 1.16. The predicted octanol–water partition coefficient (Wildman–Crippen LogP) is 1.12. The molecule has 0 aromatic rings. The molecule has 0 radical (unpaired) electrons. The highest BCUT2D eigenvalue weighted by Gasteiger charge is 1.92. The van der Waals surface area contributed by atoms with E-state index in [4.69, 9.17) is 9.47 Å². The van der Waals surface area contributed by atoms with Crippen molar-refractivity contribution >= 4 is 5.97 Å². The van der Waals surface area contributed by atoms with Gasteiger partial charge in [0.15, 0.2) is 6.79 Å². The molecule has 0 aliphatic heterocycles. The van der Waals surface area contributed by atoms with Crippen LogP contribution in [0.4, 0.5) is 0 Å². The number of hydrogen-bond acceptors (Lipinski definition) is 4. The molecule has 76 valence electrons. The second kappa shape index (κ2) is 9.22. The average Bonchev–Trinajstić information content (AvgIpc) is 2.09. The Kier molecular flexibility index (Phi) is 8.60. The lowest BCUT2D eigenvalue weighted by Crippen LogP contribution is -2.07. The number of carbonyl (C=O) groups excluding carboxylic acids is 1. The van der Waals surface area contributed by atoms with Crippen LogP contribution in [-0.2, 0) is 19.0 Å². The molecule has 0 heterocycles. The van der Waals surface area contributed by atoms with Gasteiger partial charge in [-0.15, -0.1) is 6.58 Å². The van der Waals surface area contributed by atoms with E-state index in [9.17, 15) is 4.79 Å². The smallest absolute Gasteiger partial charge is 0.304 e. The molecule has 0 amide bonds. The molecule has 0 rings (SSSR count). The SMILES string of the molecule is C=CCOCCCOCOC(C)=O. The van der Waals surface area contributed by atoms with Crippen molar-refractivity contribution in [1.82, 2.24) is 0 Å². The molecule has 0 saturated carbocycles. The maximum atomic E-state index is 10.3. The Morgan fingerprint density at radius 2 is 2.08 bits per heavy atom. The van der Waals surface area contributed by atoms with Gasteiger partial charge in [0, 0.05) is 13.5 Å². The largest absolute Gasteiger partial charge is 0.439 e. The zero-order valence-corrected chi connectivity index (χ0v) is 7.95. The van der Waals surface area contributed by atoms with Crippen molar-refractivity contribution in [2.24, 2.45) is 0 Å². The summed E-state index contributed by atoms with van der Waals surface area (Å²) < 4.78 is 14.6. The first-order chi connectivity index (χ1) is 6.27. The van der Waals surface area contributed by atoms with E-state index in [1.165, 1.54) is 6.92 Å². The fraction of sp³-hybridized carbons (Fsp3) is 0.667. The summed E-state index contributed by atoms with van der Waals surface area (Å²) >= 11 is 0. The molecule has 0 saturated heterocycles. The van der Waals surface area contributed by atoms with Gasteiger partial charge < -0.3 is 14.2 Å². The van der Waals surface area contributed by atoms with Crippen molar-refractivity contribution in [2.45, 2.75) is 13.3 Å². The minimum Gasteiger partial charge on any atom is -0.439 e. The van der Waals surface area contributed by atoms with Gasteiger partial charge in [-0.3, -0.25) is 4.79 Å². The van der Waals surface area contributed by atoms with Crippen molar-refractivity contribution in [3.63, 3.8) is 0 Å². The van der Waals surface area contributed by atoms with E-state index in [-0.39, 0.29) is 12.8 Å². The monoisotopic (exact) mass is 188 g/mol. The Hall–Kier alpha value is -0.870. The van der Waals surface area contributed by atoms with Crippen LogP contribution in [0.1, 0.15) is 13.3 Å². The van der Waals surface area contributed by atoms with Crippen molar-refractivity contribution in [1.29, 1.82) is 0 Å². The molecule has 0 fully saturated rings. The molecule has 13 heavy (non-hydrogen) atoms. The summed E-state index contributed by atoms with van der Waals surface area (Å²) in [7, 11) is 0. The Balaban J connectivity index is 2.91. The van der Waals surface area contributed by atoms with Crippen LogP contribution in [-0.4, -0.2) is 32.6 Å². The highest BCUT2D eigenvalue weighted by atomic mass is 16.7. The van der Waals surface area contributed by atoms with E-state index < -0.39 is 0 Å². The molecule has 0 aromatic carbocycles. The van der Waals surface area contributed by atoms with Crippen LogP contribution in [0, 0.1) is 0 Å². The van der Waals surface area contributed by atoms with Crippen molar-refractivity contribution < 1.29 is 19.0 Å². The van der Waals surface area contributed by atoms with Gasteiger partial charge in [-0.1, -0.05) is 6.08 Å². The van der Waals surface area contributed by atoms with Crippen molar-refractivity contribution in [3.05, 3.63) is 12.7 Å². The molecule has 0 bridgehead atoms. The summed E-state index contributed by atoms with van der Waals surface area (Å²) in [6.07, 6.45) is 2.48. The fourth-order valence-corrected chi connectivity index (χ4v) is 0.613. The third kappa shape index (κ3) is 11.1. The van der Waals surface area contributed by atoms with Gasteiger partial charge in [0.2, 0.25) is 0 Å². The maximum absolute atomic E-state index is 10.3. The lowest BCUT2D eigenvalue weighted by atomic mass is 10.5. The molecule has 0 spiro atoms. The van der Waals surface area contributed by atoms with E-state index in [1.54, 1.807) is 6.08 Å². The number of ether oxygens (including phenoxy) is 3. The summed E-state index contributed by atoms with van der Waals surface area (Å²) in [4.78, 5) is 10.3. The Labute approximate surface area is 78.5 Å². The molecule has 4 nitrogen and oxygen atoms in total. The van der Waals surface area contributed by atoms with Crippen molar-refractivity contribution in [3.8, 4) is 0 Å². The first-order valence-electron chi connectivity index (χ1n) is 4.17. The Bertz CT molecular complexity index is 145. The first-order valence-corrected chi connectivity index (χ1v) is 4.17. The zero-order chi connectivity index (χ0) is 9.94. The van der Waals surface area contributed by atoms with Crippen LogP contribution in [0.25, 0.3) is 0 Å². The number of esters is 1. The van der Waals surface area contributed by atoms with Gasteiger partial charge in [-0.05, 0) is 6.42 Å². The molecule has 4 heteroatoms. The maximum Gasteiger partial charge on any atom is 0.304 e. The van der Waals surface area contributed by atoms with E-state index in [0.29, 0.717) is 19.8 Å². The first kappa shape index (κ1) is 12.1. The van der Waals surface area contributed by atoms with Gasteiger partial charge in [-0.25, -0.2) is 0 Å². The van der Waals surface area contributed by atoms with Gasteiger partial charge >= 0.3 is 5.97 Å². The van der Waals surface area contributed by atoms with Crippen LogP contribution in [0.2, 0.25) is 0 Å². The summed E-state index contributed by atoms with van der Waals surface area (Å²) in [5.74, 6) is -0.331. The minimum atomic E-state index is -0.331. The van der Waals surface area contributed by atoms with Crippen LogP contribution >= 0.6 is 0 Å². The molecule has 0 aliphatic rings. The lowest BCUT2D eigenvalue weighted by molar-refractivity contribution is -0.153. The van der Waals surface area contributed by atoms with E-state index >= 15 is 0 Å². The van der Waals surface area contributed by atoms with Gasteiger partial charge in [0.05, 0.1) is 13.2 Å². The topological polar surface area (TPSA) is 44.8 Å². The molecule has 0 aliphatic carbocycles.